The molecule has 8 heteroatoms. The van der Waals surface area contributed by atoms with E-state index in [-0.39, 0.29) is 5.02 Å². The molecular formula is C11H9ClFNO5. The lowest BCUT2D eigenvalue weighted by atomic mass is 10.1. The number of halogens is 2. The van der Waals surface area contributed by atoms with Crippen molar-refractivity contribution in [2.45, 2.75) is 12.5 Å². The molecule has 0 aliphatic heterocycles. The number of rotatable bonds is 5. The van der Waals surface area contributed by atoms with Gasteiger partial charge in [0.25, 0.3) is 5.91 Å². The Hall–Kier alpha value is -2.15. The predicted octanol–water partition coefficient (Wildman–Crippen LogP) is 1.14. The summed E-state index contributed by atoms with van der Waals surface area (Å²) in [7, 11) is 0. The summed E-state index contributed by atoms with van der Waals surface area (Å²) in [6, 6.07) is 1.59. The topological polar surface area (TPSA) is 104 Å². The first-order chi connectivity index (χ1) is 8.81. The largest absolute Gasteiger partial charge is 0.481 e. The monoisotopic (exact) mass is 289 g/mol. The quantitative estimate of drug-likeness (QED) is 0.754. The highest BCUT2D eigenvalue weighted by Gasteiger charge is 2.24. The average Bonchev–Trinajstić information content (AvgIpc) is 2.26. The van der Waals surface area contributed by atoms with E-state index in [1.165, 1.54) is 6.07 Å². The zero-order valence-electron chi connectivity index (χ0n) is 9.39. The smallest absolute Gasteiger partial charge is 0.326 e. The van der Waals surface area contributed by atoms with Crippen LogP contribution in [0.1, 0.15) is 16.8 Å². The molecule has 1 amide bonds. The van der Waals surface area contributed by atoms with E-state index >= 15 is 0 Å². The Morgan fingerprint density at radius 3 is 2.42 bits per heavy atom. The van der Waals surface area contributed by atoms with Crippen molar-refractivity contribution in [2.75, 3.05) is 0 Å². The Labute approximate surface area is 111 Å². The lowest BCUT2D eigenvalue weighted by molar-refractivity contribution is -0.145. The van der Waals surface area contributed by atoms with Gasteiger partial charge in [-0.1, -0.05) is 11.6 Å². The summed E-state index contributed by atoms with van der Waals surface area (Å²) in [6.07, 6.45) is -0.809. The van der Waals surface area contributed by atoms with Crippen molar-refractivity contribution >= 4 is 29.4 Å². The van der Waals surface area contributed by atoms with Crippen molar-refractivity contribution in [3.63, 3.8) is 0 Å². The van der Waals surface area contributed by atoms with Gasteiger partial charge in [0, 0.05) is 5.02 Å². The average molecular weight is 290 g/mol. The summed E-state index contributed by atoms with van der Waals surface area (Å²) < 4.78 is 13.4. The maximum absolute atomic E-state index is 13.4. The van der Waals surface area contributed by atoms with Gasteiger partial charge >= 0.3 is 11.9 Å². The van der Waals surface area contributed by atoms with Gasteiger partial charge < -0.3 is 15.5 Å². The van der Waals surface area contributed by atoms with Crippen molar-refractivity contribution in [1.29, 1.82) is 0 Å². The number of carbonyl (C=O) groups excluding carboxylic acids is 1. The maximum Gasteiger partial charge on any atom is 0.326 e. The Bertz CT molecular complexity index is 534. The Morgan fingerprint density at radius 2 is 1.95 bits per heavy atom. The molecular weight excluding hydrogens is 281 g/mol. The summed E-state index contributed by atoms with van der Waals surface area (Å²) >= 11 is 5.50. The second-order valence-electron chi connectivity index (χ2n) is 3.59. The van der Waals surface area contributed by atoms with Gasteiger partial charge in [0.2, 0.25) is 0 Å². The van der Waals surface area contributed by atoms with Crippen molar-refractivity contribution in [2.24, 2.45) is 0 Å². The Balaban J connectivity index is 2.87. The predicted molar refractivity (Wildman–Crippen MR) is 62.6 cm³/mol. The van der Waals surface area contributed by atoms with Gasteiger partial charge in [-0.2, -0.15) is 0 Å². The standard InChI is InChI=1S/C11H9ClFNO5/c12-5-1-2-6(7(13)3-5)10(17)14-8(11(18)19)4-9(15)16/h1-3,8H,4H2,(H,14,17)(H,15,16)(H,18,19)/t8-/m1/s1. The molecule has 0 aliphatic carbocycles. The van der Waals surface area contributed by atoms with Crippen LogP contribution in [0.5, 0.6) is 0 Å². The fraction of sp³-hybridized carbons (Fsp3) is 0.182. The fourth-order valence-electron chi connectivity index (χ4n) is 1.28. The van der Waals surface area contributed by atoms with Crippen LogP contribution >= 0.6 is 11.6 Å². The van der Waals surface area contributed by atoms with E-state index in [1.807, 2.05) is 5.32 Å². The van der Waals surface area contributed by atoms with Crippen LogP contribution in [0.25, 0.3) is 0 Å². The SMILES string of the molecule is O=C(O)C[C@@H](NC(=O)c1ccc(Cl)cc1F)C(=O)O. The molecule has 0 saturated heterocycles. The van der Waals surface area contributed by atoms with Gasteiger partial charge in [-0.15, -0.1) is 0 Å². The van der Waals surface area contributed by atoms with E-state index in [1.54, 1.807) is 0 Å². The minimum Gasteiger partial charge on any atom is -0.481 e. The van der Waals surface area contributed by atoms with E-state index in [4.69, 9.17) is 21.8 Å². The normalized spacial score (nSPS) is 11.7. The minimum atomic E-state index is -1.64. The van der Waals surface area contributed by atoms with Crippen molar-refractivity contribution in [3.05, 3.63) is 34.6 Å². The number of carboxylic acids is 2. The van der Waals surface area contributed by atoms with Crippen molar-refractivity contribution in [1.82, 2.24) is 5.32 Å². The van der Waals surface area contributed by atoms with Crippen LogP contribution in [0.15, 0.2) is 18.2 Å². The molecule has 1 rings (SSSR count). The molecule has 3 N–H and O–H groups in total. The molecule has 1 aromatic carbocycles. The zero-order valence-corrected chi connectivity index (χ0v) is 10.1. The maximum atomic E-state index is 13.4. The number of amides is 1. The summed E-state index contributed by atoms with van der Waals surface area (Å²) in [4.78, 5) is 32.8. The van der Waals surface area contributed by atoms with Crippen LogP contribution < -0.4 is 5.32 Å². The van der Waals surface area contributed by atoms with Crippen LogP contribution in [0, 0.1) is 5.82 Å². The second kappa shape index (κ2) is 6.14. The molecule has 0 saturated carbocycles. The first-order valence-corrected chi connectivity index (χ1v) is 5.39. The van der Waals surface area contributed by atoms with E-state index in [2.05, 4.69) is 0 Å². The molecule has 19 heavy (non-hydrogen) atoms. The van der Waals surface area contributed by atoms with Gasteiger partial charge in [0.1, 0.15) is 11.9 Å². The second-order valence-corrected chi connectivity index (χ2v) is 4.02. The number of hydrogen-bond acceptors (Lipinski definition) is 3. The third-order valence-electron chi connectivity index (χ3n) is 2.16. The minimum absolute atomic E-state index is 0.0781. The molecule has 6 nitrogen and oxygen atoms in total. The van der Waals surface area contributed by atoms with Crippen molar-refractivity contribution in [3.8, 4) is 0 Å². The number of benzene rings is 1. The number of nitrogens with one attached hydrogen (secondary N) is 1. The number of carboxylic acid groups (broad SMARTS) is 2. The van der Waals surface area contributed by atoms with E-state index < -0.39 is 41.7 Å². The van der Waals surface area contributed by atoms with Crippen molar-refractivity contribution < 1.29 is 29.0 Å². The molecule has 0 fully saturated rings. The summed E-state index contributed by atoms with van der Waals surface area (Å²) in [6.45, 7) is 0. The number of hydrogen-bond donors (Lipinski definition) is 3. The van der Waals surface area contributed by atoms with Gasteiger partial charge in [0.05, 0.1) is 12.0 Å². The van der Waals surface area contributed by atoms with E-state index in [0.29, 0.717) is 0 Å². The Kier molecular flexibility index (Phi) is 4.82. The van der Waals surface area contributed by atoms with Gasteiger partial charge in [-0.05, 0) is 18.2 Å². The highest BCUT2D eigenvalue weighted by molar-refractivity contribution is 6.30. The van der Waals surface area contributed by atoms with Crippen LogP contribution in [0.2, 0.25) is 5.02 Å². The highest BCUT2D eigenvalue weighted by Crippen LogP contribution is 2.14. The summed E-state index contributed by atoms with van der Waals surface area (Å²) in [5.74, 6) is -4.87. The third kappa shape index (κ3) is 4.22. The fourth-order valence-corrected chi connectivity index (χ4v) is 1.44. The first-order valence-electron chi connectivity index (χ1n) is 5.01. The van der Waals surface area contributed by atoms with Crippen LogP contribution in [0.4, 0.5) is 4.39 Å². The lowest BCUT2D eigenvalue weighted by Crippen LogP contribution is -2.42. The molecule has 0 aliphatic rings. The molecule has 0 unspecified atom stereocenters. The first kappa shape index (κ1) is 14.9. The summed E-state index contributed by atoms with van der Waals surface area (Å²) in [5, 5.41) is 19.2. The molecule has 1 atom stereocenters. The molecule has 0 radical (unpaired) electrons. The van der Waals surface area contributed by atoms with Crippen LogP contribution in [-0.2, 0) is 9.59 Å². The third-order valence-corrected chi connectivity index (χ3v) is 2.39. The van der Waals surface area contributed by atoms with Gasteiger partial charge in [0.15, 0.2) is 0 Å². The molecule has 0 heterocycles. The highest BCUT2D eigenvalue weighted by atomic mass is 35.5. The zero-order chi connectivity index (χ0) is 14.6. The molecule has 0 aromatic heterocycles. The number of carbonyl (C=O) groups is 3. The van der Waals surface area contributed by atoms with Gasteiger partial charge in [-0.25, -0.2) is 9.18 Å². The van der Waals surface area contributed by atoms with E-state index in [0.717, 1.165) is 12.1 Å². The molecule has 0 spiro atoms. The molecule has 0 bridgehead atoms. The molecule has 102 valence electrons. The van der Waals surface area contributed by atoms with E-state index in [9.17, 15) is 18.8 Å². The van der Waals surface area contributed by atoms with Gasteiger partial charge in [-0.3, -0.25) is 9.59 Å². The number of aliphatic carboxylic acids is 2. The Morgan fingerprint density at radius 1 is 1.32 bits per heavy atom. The molecule has 1 aromatic rings. The lowest BCUT2D eigenvalue weighted by Gasteiger charge is -2.12. The summed E-state index contributed by atoms with van der Waals surface area (Å²) in [5.41, 5.74) is -0.416. The van der Waals surface area contributed by atoms with Crippen LogP contribution in [0.3, 0.4) is 0 Å². The van der Waals surface area contributed by atoms with Crippen LogP contribution in [-0.4, -0.2) is 34.1 Å².